The van der Waals surface area contributed by atoms with Crippen LogP contribution in [0.25, 0.3) is 10.8 Å². The number of hydrogen-bond donors (Lipinski definition) is 1. The van der Waals surface area contributed by atoms with Crippen molar-refractivity contribution in [3.63, 3.8) is 0 Å². The molecule has 0 bridgehead atoms. The van der Waals surface area contributed by atoms with Crippen molar-refractivity contribution in [2.45, 2.75) is 0 Å². The van der Waals surface area contributed by atoms with Crippen LogP contribution in [0.2, 0.25) is 0 Å². The van der Waals surface area contributed by atoms with E-state index in [0.717, 1.165) is 35.7 Å². The summed E-state index contributed by atoms with van der Waals surface area (Å²) in [6.45, 7) is 1.66. The number of nitrogens with zero attached hydrogens (tertiary/aromatic N) is 1. The summed E-state index contributed by atoms with van der Waals surface area (Å²) in [6, 6.07) is 12.2. The smallest absolute Gasteiger partial charge is 0.321 e. The molecular weight excluding hydrogens is 383 g/mol. The summed E-state index contributed by atoms with van der Waals surface area (Å²) in [5.74, 6) is 2.06. The molecular formula is C15H15IN2OS. The molecule has 0 spiro atoms. The summed E-state index contributed by atoms with van der Waals surface area (Å²) < 4.78 is 1.20. The molecule has 1 N–H and O–H groups in total. The highest BCUT2D eigenvalue weighted by Crippen LogP contribution is 2.28. The van der Waals surface area contributed by atoms with Crippen LogP contribution in [0.5, 0.6) is 0 Å². The van der Waals surface area contributed by atoms with Gasteiger partial charge in [-0.3, -0.25) is 0 Å². The van der Waals surface area contributed by atoms with Crippen molar-refractivity contribution < 1.29 is 4.79 Å². The Labute approximate surface area is 136 Å². The van der Waals surface area contributed by atoms with Gasteiger partial charge in [-0.25, -0.2) is 4.79 Å². The molecule has 3 rings (SSSR count). The third-order valence-corrected chi connectivity index (χ3v) is 5.29. The van der Waals surface area contributed by atoms with E-state index >= 15 is 0 Å². The lowest BCUT2D eigenvalue weighted by Crippen LogP contribution is -2.40. The van der Waals surface area contributed by atoms with Crippen LogP contribution in [-0.4, -0.2) is 35.5 Å². The maximum atomic E-state index is 12.3. The van der Waals surface area contributed by atoms with Crippen molar-refractivity contribution in [3.8, 4) is 0 Å². The largest absolute Gasteiger partial charge is 0.323 e. The number of carbonyl (C=O) groups is 1. The quantitative estimate of drug-likeness (QED) is 0.736. The number of benzene rings is 2. The van der Waals surface area contributed by atoms with Crippen LogP contribution in [-0.2, 0) is 0 Å². The molecule has 0 unspecified atom stereocenters. The molecule has 104 valence electrons. The average molecular weight is 398 g/mol. The second-order valence-corrected chi connectivity index (χ2v) is 7.06. The number of nitrogens with one attached hydrogen (secondary N) is 1. The lowest BCUT2D eigenvalue weighted by atomic mass is 10.1. The molecule has 0 aromatic heterocycles. The van der Waals surface area contributed by atoms with Gasteiger partial charge < -0.3 is 10.2 Å². The van der Waals surface area contributed by atoms with E-state index in [-0.39, 0.29) is 6.03 Å². The molecule has 1 fully saturated rings. The van der Waals surface area contributed by atoms with Crippen LogP contribution in [0.1, 0.15) is 0 Å². The highest BCUT2D eigenvalue weighted by Gasteiger charge is 2.17. The van der Waals surface area contributed by atoms with Gasteiger partial charge in [0, 0.05) is 33.6 Å². The minimum atomic E-state index is 0.0108. The van der Waals surface area contributed by atoms with E-state index in [0.29, 0.717) is 0 Å². The van der Waals surface area contributed by atoms with Gasteiger partial charge in [0.15, 0.2) is 0 Å². The Morgan fingerprint density at radius 2 is 1.80 bits per heavy atom. The molecule has 2 aromatic carbocycles. The molecule has 0 saturated carbocycles. The zero-order chi connectivity index (χ0) is 13.9. The van der Waals surface area contributed by atoms with Crippen molar-refractivity contribution in [1.29, 1.82) is 0 Å². The molecule has 0 atom stereocenters. The molecule has 1 aliphatic heterocycles. The van der Waals surface area contributed by atoms with Gasteiger partial charge in [-0.1, -0.05) is 24.3 Å². The minimum absolute atomic E-state index is 0.0108. The van der Waals surface area contributed by atoms with E-state index in [1.807, 2.05) is 40.9 Å². The Bertz CT molecular complexity index is 641. The first kappa shape index (κ1) is 14.0. The minimum Gasteiger partial charge on any atom is -0.323 e. The number of amides is 2. The first-order valence-corrected chi connectivity index (χ1v) is 8.80. The third-order valence-electron chi connectivity index (χ3n) is 3.41. The fourth-order valence-corrected chi connectivity index (χ4v) is 3.89. The second kappa shape index (κ2) is 6.22. The molecule has 5 heteroatoms. The van der Waals surface area contributed by atoms with Gasteiger partial charge in [0.25, 0.3) is 0 Å². The summed E-state index contributed by atoms with van der Waals surface area (Å²) in [4.78, 5) is 14.2. The number of halogens is 1. The van der Waals surface area contributed by atoms with E-state index in [1.54, 1.807) is 0 Å². The Hall–Kier alpha value is -0.950. The molecule has 1 aliphatic rings. The predicted molar refractivity (Wildman–Crippen MR) is 94.6 cm³/mol. The summed E-state index contributed by atoms with van der Waals surface area (Å²) in [6.07, 6.45) is 0. The number of urea groups is 1. The van der Waals surface area contributed by atoms with Gasteiger partial charge >= 0.3 is 6.03 Å². The topological polar surface area (TPSA) is 32.3 Å². The van der Waals surface area contributed by atoms with Crippen molar-refractivity contribution in [2.24, 2.45) is 0 Å². The zero-order valence-corrected chi connectivity index (χ0v) is 13.9. The molecule has 0 radical (unpaired) electrons. The standard InChI is InChI=1S/C15H15IN2OS/c16-13-5-6-14(12-4-2-1-3-11(12)13)17-15(19)18-7-9-20-10-8-18/h1-6H,7-10H2,(H,17,19). The molecule has 1 saturated heterocycles. The van der Waals surface area contributed by atoms with Crippen molar-refractivity contribution >= 4 is 56.8 Å². The van der Waals surface area contributed by atoms with E-state index < -0.39 is 0 Å². The molecule has 1 heterocycles. The van der Waals surface area contributed by atoms with Crippen LogP contribution >= 0.6 is 34.4 Å². The van der Waals surface area contributed by atoms with Crippen LogP contribution < -0.4 is 5.32 Å². The van der Waals surface area contributed by atoms with Gasteiger partial charge in [-0.2, -0.15) is 11.8 Å². The van der Waals surface area contributed by atoms with Gasteiger partial charge in [0.1, 0.15) is 0 Å². The van der Waals surface area contributed by atoms with Gasteiger partial charge in [-0.15, -0.1) is 0 Å². The number of hydrogen-bond acceptors (Lipinski definition) is 2. The molecule has 2 amide bonds. The van der Waals surface area contributed by atoms with Gasteiger partial charge in [0.05, 0.1) is 5.69 Å². The maximum absolute atomic E-state index is 12.3. The van der Waals surface area contributed by atoms with Crippen molar-refractivity contribution in [2.75, 3.05) is 29.9 Å². The summed E-state index contributed by atoms with van der Waals surface area (Å²) in [5, 5.41) is 5.33. The van der Waals surface area contributed by atoms with E-state index in [4.69, 9.17) is 0 Å². The summed E-state index contributed by atoms with van der Waals surface area (Å²) in [7, 11) is 0. The average Bonchev–Trinajstić information content (AvgIpc) is 2.51. The highest BCUT2D eigenvalue weighted by molar-refractivity contribution is 14.1. The molecule has 3 nitrogen and oxygen atoms in total. The van der Waals surface area contributed by atoms with Crippen LogP contribution in [0.3, 0.4) is 0 Å². The lowest BCUT2D eigenvalue weighted by Gasteiger charge is -2.26. The Kier molecular flexibility index (Phi) is 4.35. The summed E-state index contributed by atoms with van der Waals surface area (Å²) in [5.41, 5.74) is 0.893. The van der Waals surface area contributed by atoms with Crippen molar-refractivity contribution in [3.05, 3.63) is 40.0 Å². The SMILES string of the molecule is O=C(Nc1ccc(I)c2ccccc12)N1CCSCC1. The Morgan fingerprint density at radius 1 is 1.10 bits per heavy atom. The van der Waals surface area contributed by atoms with E-state index in [9.17, 15) is 4.79 Å². The Morgan fingerprint density at radius 3 is 2.55 bits per heavy atom. The molecule has 0 aliphatic carbocycles. The number of rotatable bonds is 1. The summed E-state index contributed by atoms with van der Waals surface area (Å²) >= 11 is 4.23. The first-order chi connectivity index (χ1) is 9.75. The number of fused-ring (bicyclic) bond motifs is 1. The van der Waals surface area contributed by atoms with Crippen LogP contribution in [0.15, 0.2) is 36.4 Å². The maximum Gasteiger partial charge on any atom is 0.321 e. The van der Waals surface area contributed by atoms with Crippen LogP contribution in [0, 0.1) is 3.57 Å². The molecule has 2 aromatic rings. The van der Waals surface area contributed by atoms with Gasteiger partial charge in [-0.05, 0) is 40.1 Å². The number of carbonyl (C=O) groups excluding carboxylic acids is 1. The fraction of sp³-hybridized carbons (Fsp3) is 0.267. The number of anilines is 1. The second-order valence-electron chi connectivity index (χ2n) is 4.67. The van der Waals surface area contributed by atoms with Crippen LogP contribution in [0.4, 0.5) is 10.5 Å². The van der Waals surface area contributed by atoms with Crippen molar-refractivity contribution in [1.82, 2.24) is 4.90 Å². The Balaban J connectivity index is 1.87. The first-order valence-electron chi connectivity index (χ1n) is 6.56. The van der Waals surface area contributed by atoms with E-state index in [1.165, 1.54) is 8.96 Å². The lowest BCUT2D eigenvalue weighted by molar-refractivity contribution is 0.217. The highest BCUT2D eigenvalue weighted by atomic mass is 127. The monoisotopic (exact) mass is 398 g/mol. The third kappa shape index (κ3) is 2.88. The molecule has 20 heavy (non-hydrogen) atoms. The van der Waals surface area contributed by atoms with E-state index in [2.05, 4.69) is 40.0 Å². The fourth-order valence-electron chi connectivity index (χ4n) is 2.33. The predicted octanol–water partition coefficient (Wildman–Crippen LogP) is 4.03. The normalized spacial score (nSPS) is 15.3. The number of thioether (sulfide) groups is 1. The van der Waals surface area contributed by atoms with Gasteiger partial charge in [0.2, 0.25) is 0 Å². The zero-order valence-electron chi connectivity index (χ0n) is 10.9.